The standard InChI is InChI=1S/C23H34N4O3S.HI/c1-5-24-23(26(2)17-18-8-9-19(28-3)15-21(18)29-4)25-16-20(22-7-6-14-31-22)27-10-12-30-13-11-27;/h6-9,14-15,20H,5,10-13,16-17H2,1-4H3,(H,24,25);1H. The van der Waals surface area contributed by atoms with E-state index in [4.69, 9.17) is 19.2 Å². The second kappa shape index (κ2) is 13.9. The molecule has 0 radical (unpaired) electrons. The summed E-state index contributed by atoms with van der Waals surface area (Å²) in [5.74, 6) is 2.48. The third-order valence-corrected chi connectivity index (χ3v) is 6.34. The number of halogens is 1. The molecule has 0 spiro atoms. The van der Waals surface area contributed by atoms with E-state index >= 15 is 0 Å². The molecule has 2 heterocycles. The number of aliphatic imine (C=N–C) groups is 1. The second-order valence-electron chi connectivity index (χ2n) is 7.41. The Labute approximate surface area is 212 Å². The predicted molar refractivity (Wildman–Crippen MR) is 142 cm³/mol. The molecule has 1 fully saturated rings. The highest BCUT2D eigenvalue weighted by atomic mass is 127. The predicted octanol–water partition coefficient (Wildman–Crippen LogP) is 3.85. The molecule has 0 saturated carbocycles. The minimum Gasteiger partial charge on any atom is -0.497 e. The van der Waals surface area contributed by atoms with Gasteiger partial charge in [-0.1, -0.05) is 6.07 Å². The summed E-state index contributed by atoms with van der Waals surface area (Å²) in [5, 5.41) is 5.58. The fraction of sp³-hybridized carbons (Fsp3) is 0.522. The SMILES string of the molecule is CCNC(=NCC(c1cccs1)N1CCOCC1)N(C)Cc1ccc(OC)cc1OC.I. The average Bonchev–Trinajstić information content (AvgIpc) is 3.34. The first kappa shape index (κ1) is 26.7. The monoisotopic (exact) mass is 574 g/mol. The fourth-order valence-electron chi connectivity index (χ4n) is 3.71. The van der Waals surface area contributed by atoms with Crippen molar-refractivity contribution < 1.29 is 14.2 Å². The van der Waals surface area contributed by atoms with Gasteiger partial charge in [0.05, 0.1) is 40.0 Å². The van der Waals surface area contributed by atoms with Gasteiger partial charge in [0.1, 0.15) is 11.5 Å². The number of morpholine rings is 1. The molecule has 1 aliphatic heterocycles. The van der Waals surface area contributed by atoms with Gasteiger partial charge in [-0.15, -0.1) is 35.3 Å². The van der Waals surface area contributed by atoms with Crippen molar-refractivity contribution in [2.75, 3.05) is 60.7 Å². The van der Waals surface area contributed by atoms with Crippen LogP contribution in [-0.2, 0) is 11.3 Å². The van der Waals surface area contributed by atoms with E-state index in [2.05, 4.69) is 46.6 Å². The van der Waals surface area contributed by atoms with Gasteiger partial charge in [0.25, 0.3) is 0 Å². The molecule has 9 heteroatoms. The molecule has 1 N–H and O–H groups in total. The van der Waals surface area contributed by atoms with Gasteiger partial charge in [0.2, 0.25) is 0 Å². The molecule has 0 aliphatic carbocycles. The molecule has 0 bridgehead atoms. The van der Waals surface area contributed by atoms with E-state index in [1.807, 2.05) is 18.2 Å². The number of nitrogens with zero attached hydrogens (tertiary/aromatic N) is 3. The summed E-state index contributed by atoms with van der Waals surface area (Å²) in [4.78, 5) is 11.0. The second-order valence-corrected chi connectivity index (χ2v) is 8.39. The van der Waals surface area contributed by atoms with Crippen LogP contribution >= 0.6 is 35.3 Å². The van der Waals surface area contributed by atoms with Gasteiger partial charge in [0, 0.05) is 49.7 Å². The van der Waals surface area contributed by atoms with Crippen molar-refractivity contribution in [2.45, 2.75) is 19.5 Å². The lowest BCUT2D eigenvalue weighted by Crippen LogP contribution is -2.42. The molecule has 1 atom stereocenters. The van der Waals surface area contributed by atoms with E-state index < -0.39 is 0 Å². The van der Waals surface area contributed by atoms with Gasteiger partial charge in [-0.3, -0.25) is 9.89 Å². The Morgan fingerprint density at radius 2 is 2.03 bits per heavy atom. The van der Waals surface area contributed by atoms with Crippen LogP contribution in [0.4, 0.5) is 0 Å². The highest BCUT2D eigenvalue weighted by Crippen LogP contribution is 2.27. The molecule has 1 aliphatic rings. The Bertz CT molecular complexity index is 829. The van der Waals surface area contributed by atoms with Gasteiger partial charge < -0.3 is 24.4 Å². The van der Waals surface area contributed by atoms with Gasteiger partial charge in [-0.2, -0.15) is 0 Å². The molecule has 1 aromatic heterocycles. The van der Waals surface area contributed by atoms with Crippen molar-refractivity contribution in [3.05, 3.63) is 46.2 Å². The van der Waals surface area contributed by atoms with Crippen LogP contribution in [0.2, 0.25) is 0 Å². The first-order valence-corrected chi connectivity index (χ1v) is 11.6. The van der Waals surface area contributed by atoms with Crippen LogP contribution in [-0.4, -0.2) is 76.4 Å². The maximum Gasteiger partial charge on any atom is 0.194 e. The average molecular weight is 575 g/mol. The molecule has 7 nitrogen and oxygen atoms in total. The Hall–Kier alpha value is -1.56. The highest BCUT2D eigenvalue weighted by molar-refractivity contribution is 14.0. The maximum absolute atomic E-state index is 5.57. The van der Waals surface area contributed by atoms with Gasteiger partial charge in [-0.25, -0.2) is 0 Å². The number of ether oxygens (including phenoxy) is 3. The third-order valence-electron chi connectivity index (χ3n) is 5.37. The van der Waals surface area contributed by atoms with Crippen molar-refractivity contribution in [3.8, 4) is 11.5 Å². The van der Waals surface area contributed by atoms with E-state index in [1.165, 1.54) is 4.88 Å². The first-order chi connectivity index (χ1) is 15.2. The number of hydrogen-bond acceptors (Lipinski definition) is 6. The van der Waals surface area contributed by atoms with Crippen molar-refractivity contribution in [1.82, 2.24) is 15.1 Å². The van der Waals surface area contributed by atoms with Crippen LogP contribution in [0, 0.1) is 0 Å². The smallest absolute Gasteiger partial charge is 0.194 e. The Balaban J connectivity index is 0.00000363. The minimum atomic E-state index is 0. The van der Waals surface area contributed by atoms with Crippen LogP contribution in [0.15, 0.2) is 40.7 Å². The van der Waals surface area contributed by atoms with Crippen molar-refractivity contribution >= 4 is 41.3 Å². The zero-order valence-corrected chi connectivity index (χ0v) is 22.5. The lowest BCUT2D eigenvalue weighted by atomic mass is 10.2. The number of hydrogen-bond donors (Lipinski definition) is 1. The van der Waals surface area contributed by atoms with Gasteiger partial charge >= 0.3 is 0 Å². The number of nitrogens with one attached hydrogen (secondary N) is 1. The highest BCUT2D eigenvalue weighted by Gasteiger charge is 2.23. The number of thiophene rings is 1. The molecule has 0 amide bonds. The van der Waals surface area contributed by atoms with Crippen LogP contribution in [0.1, 0.15) is 23.4 Å². The molecule has 32 heavy (non-hydrogen) atoms. The summed E-state index contributed by atoms with van der Waals surface area (Å²) in [6.07, 6.45) is 0. The molecule has 1 unspecified atom stereocenters. The van der Waals surface area contributed by atoms with E-state index in [9.17, 15) is 0 Å². The zero-order chi connectivity index (χ0) is 22.1. The molecular weight excluding hydrogens is 539 g/mol. The van der Waals surface area contributed by atoms with Crippen LogP contribution in [0.5, 0.6) is 11.5 Å². The minimum absolute atomic E-state index is 0. The molecule has 178 valence electrons. The van der Waals surface area contributed by atoms with Crippen molar-refractivity contribution in [2.24, 2.45) is 4.99 Å². The van der Waals surface area contributed by atoms with E-state index in [1.54, 1.807) is 25.6 Å². The lowest BCUT2D eigenvalue weighted by molar-refractivity contribution is 0.0186. The van der Waals surface area contributed by atoms with Crippen LogP contribution in [0.3, 0.4) is 0 Å². The topological polar surface area (TPSA) is 58.6 Å². The normalized spacial score (nSPS) is 15.6. The van der Waals surface area contributed by atoms with Crippen LogP contribution < -0.4 is 14.8 Å². The van der Waals surface area contributed by atoms with E-state index in [-0.39, 0.29) is 30.0 Å². The molecule has 1 saturated heterocycles. The van der Waals surface area contributed by atoms with Gasteiger partial charge in [0.15, 0.2) is 5.96 Å². The zero-order valence-electron chi connectivity index (χ0n) is 19.4. The quantitative estimate of drug-likeness (QED) is 0.279. The number of rotatable bonds is 9. The number of guanidine groups is 1. The Morgan fingerprint density at radius 1 is 1.25 bits per heavy atom. The Morgan fingerprint density at radius 3 is 2.66 bits per heavy atom. The third kappa shape index (κ3) is 7.23. The van der Waals surface area contributed by atoms with Crippen molar-refractivity contribution in [3.63, 3.8) is 0 Å². The first-order valence-electron chi connectivity index (χ1n) is 10.7. The lowest BCUT2D eigenvalue weighted by Gasteiger charge is -2.33. The Kier molecular flexibility index (Phi) is 11.6. The van der Waals surface area contributed by atoms with Gasteiger partial charge in [-0.05, 0) is 30.5 Å². The van der Waals surface area contributed by atoms with E-state index in [0.29, 0.717) is 13.1 Å². The molecular formula is C23H35IN4O3S. The summed E-state index contributed by atoms with van der Waals surface area (Å²) in [6, 6.07) is 10.5. The van der Waals surface area contributed by atoms with Crippen molar-refractivity contribution in [1.29, 1.82) is 0 Å². The summed E-state index contributed by atoms with van der Waals surface area (Å²) >= 11 is 1.79. The summed E-state index contributed by atoms with van der Waals surface area (Å²) in [7, 11) is 5.40. The molecule has 3 rings (SSSR count). The maximum atomic E-state index is 5.57. The number of benzene rings is 1. The van der Waals surface area contributed by atoms with E-state index in [0.717, 1.165) is 55.9 Å². The molecule has 1 aromatic carbocycles. The molecule has 2 aromatic rings. The summed E-state index contributed by atoms with van der Waals surface area (Å²) < 4.78 is 16.4. The fourth-order valence-corrected chi connectivity index (χ4v) is 4.56. The largest absolute Gasteiger partial charge is 0.497 e. The summed E-state index contributed by atoms with van der Waals surface area (Å²) in [5.41, 5.74) is 1.08. The summed E-state index contributed by atoms with van der Waals surface area (Å²) in [6.45, 7) is 7.72. The number of methoxy groups -OCH3 is 2. The van der Waals surface area contributed by atoms with Crippen LogP contribution in [0.25, 0.3) is 0 Å².